The van der Waals surface area contributed by atoms with E-state index in [0.29, 0.717) is 12.8 Å². The average Bonchev–Trinajstić information content (AvgIpc) is 2.29. The molecule has 0 unspecified atom stereocenters. The van der Waals surface area contributed by atoms with Gasteiger partial charge in [0.25, 0.3) is 0 Å². The van der Waals surface area contributed by atoms with Crippen molar-refractivity contribution in [2.45, 2.75) is 33.6 Å². The zero-order valence-corrected chi connectivity index (χ0v) is 8.72. The van der Waals surface area contributed by atoms with E-state index in [4.69, 9.17) is 4.74 Å². The van der Waals surface area contributed by atoms with E-state index in [2.05, 4.69) is 0 Å². The molecule has 0 N–H and O–H groups in total. The molecule has 14 heavy (non-hydrogen) atoms. The van der Waals surface area contributed by atoms with Gasteiger partial charge in [0.05, 0.1) is 11.3 Å². The fraction of sp³-hybridized carbons (Fsp3) is 0.636. The van der Waals surface area contributed by atoms with Crippen LogP contribution in [0.2, 0.25) is 0 Å². The second kappa shape index (κ2) is 2.69. The second-order valence-corrected chi connectivity index (χ2v) is 4.62. The maximum absolute atomic E-state index is 11.5. The van der Waals surface area contributed by atoms with Crippen molar-refractivity contribution in [1.29, 1.82) is 0 Å². The van der Waals surface area contributed by atoms with Crippen molar-refractivity contribution in [2.24, 2.45) is 11.3 Å². The Kier molecular flexibility index (Phi) is 1.81. The van der Waals surface area contributed by atoms with Crippen LogP contribution in [-0.4, -0.2) is 11.9 Å². The molecular formula is C11H14O3. The highest BCUT2D eigenvalue weighted by atomic mass is 16.6. The molecule has 0 aromatic rings. The van der Waals surface area contributed by atoms with Crippen molar-refractivity contribution in [3.8, 4) is 0 Å². The molecule has 3 nitrogen and oxygen atoms in total. The molecule has 0 saturated carbocycles. The van der Waals surface area contributed by atoms with Crippen molar-refractivity contribution in [3.05, 3.63) is 11.1 Å². The molecule has 0 spiro atoms. The molecule has 2 rings (SSSR count). The molecular weight excluding hydrogens is 180 g/mol. The van der Waals surface area contributed by atoms with Crippen LogP contribution >= 0.6 is 0 Å². The minimum Gasteiger partial charge on any atom is -0.392 e. The highest BCUT2D eigenvalue weighted by Gasteiger charge is 2.55. The van der Waals surface area contributed by atoms with Crippen LogP contribution in [0.5, 0.6) is 0 Å². The van der Waals surface area contributed by atoms with Crippen LogP contribution in [0.15, 0.2) is 11.1 Å². The summed E-state index contributed by atoms with van der Waals surface area (Å²) in [6.07, 6.45) is 1.33. The number of hydrogen-bond donors (Lipinski definition) is 0. The minimum absolute atomic E-state index is 0.251. The number of esters is 2. The lowest BCUT2D eigenvalue weighted by atomic mass is 9.67. The molecule has 0 aromatic carbocycles. The molecule has 1 aliphatic carbocycles. The summed E-state index contributed by atoms with van der Waals surface area (Å²) in [6, 6.07) is 0. The number of fused-ring (bicyclic) bond motifs is 1. The SMILES string of the molecule is CC1=C(C)C[C@@]2(C)C(=O)OC(=O)[C@@H]2C1. The first kappa shape index (κ1) is 9.44. The zero-order chi connectivity index (χ0) is 10.5. The zero-order valence-electron chi connectivity index (χ0n) is 8.72. The third-order valence-electron chi connectivity index (χ3n) is 3.58. The van der Waals surface area contributed by atoms with Gasteiger partial charge in [-0.05, 0) is 33.6 Å². The summed E-state index contributed by atoms with van der Waals surface area (Å²) in [5.41, 5.74) is 1.84. The Morgan fingerprint density at radius 1 is 1.29 bits per heavy atom. The summed E-state index contributed by atoms with van der Waals surface area (Å²) >= 11 is 0. The highest BCUT2D eigenvalue weighted by molar-refractivity contribution is 5.99. The van der Waals surface area contributed by atoms with Crippen LogP contribution in [-0.2, 0) is 14.3 Å². The summed E-state index contributed by atoms with van der Waals surface area (Å²) < 4.78 is 4.70. The van der Waals surface area contributed by atoms with Gasteiger partial charge in [-0.1, -0.05) is 11.1 Å². The molecule has 1 fully saturated rings. The van der Waals surface area contributed by atoms with Crippen molar-refractivity contribution in [2.75, 3.05) is 0 Å². The molecule has 0 bridgehead atoms. The second-order valence-electron chi connectivity index (χ2n) is 4.62. The van der Waals surface area contributed by atoms with Crippen molar-refractivity contribution in [1.82, 2.24) is 0 Å². The number of carbonyl (C=O) groups excluding carboxylic acids is 2. The van der Waals surface area contributed by atoms with Gasteiger partial charge in [-0.15, -0.1) is 0 Å². The average molecular weight is 194 g/mol. The molecule has 0 radical (unpaired) electrons. The molecule has 2 atom stereocenters. The molecule has 0 amide bonds. The number of cyclic esters (lactones) is 2. The predicted molar refractivity (Wildman–Crippen MR) is 50.3 cm³/mol. The minimum atomic E-state index is -0.597. The molecule has 2 aliphatic rings. The standard InChI is InChI=1S/C11H14O3/c1-6-4-8-9(12)14-10(13)11(8,3)5-7(6)2/h8H,4-5H2,1-3H3/t8-,11+/m0/s1. The van der Waals surface area contributed by atoms with Gasteiger partial charge in [0.2, 0.25) is 0 Å². The lowest BCUT2D eigenvalue weighted by molar-refractivity contribution is -0.155. The Labute approximate surface area is 83.1 Å². The fourth-order valence-corrected chi connectivity index (χ4v) is 2.37. The number of ether oxygens (including phenoxy) is 1. The highest BCUT2D eigenvalue weighted by Crippen LogP contribution is 2.48. The van der Waals surface area contributed by atoms with E-state index < -0.39 is 5.41 Å². The number of carbonyl (C=O) groups is 2. The van der Waals surface area contributed by atoms with Crippen LogP contribution in [0, 0.1) is 11.3 Å². The van der Waals surface area contributed by atoms with Crippen molar-refractivity contribution >= 4 is 11.9 Å². The molecule has 3 heteroatoms. The third kappa shape index (κ3) is 1.04. The summed E-state index contributed by atoms with van der Waals surface area (Å²) in [7, 11) is 0. The fourth-order valence-electron chi connectivity index (χ4n) is 2.37. The predicted octanol–water partition coefficient (Wildman–Crippen LogP) is 1.82. The Balaban J connectivity index is 2.43. The molecule has 1 saturated heterocycles. The summed E-state index contributed by atoms with van der Waals surface area (Å²) in [4.78, 5) is 22.9. The van der Waals surface area contributed by atoms with E-state index in [1.54, 1.807) is 0 Å². The monoisotopic (exact) mass is 194 g/mol. The summed E-state index contributed by atoms with van der Waals surface area (Å²) in [6.45, 7) is 5.87. The van der Waals surface area contributed by atoms with Gasteiger partial charge in [-0.25, -0.2) is 0 Å². The van der Waals surface area contributed by atoms with Gasteiger partial charge < -0.3 is 4.74 Å². The number of hydrogen-bond acceptors (Lipinski definition) is 3. The first-order chi connectivity index (χ1) is 6.45. The van der Waals surface area contributed by atoms with E-state index in [9.17, 15) is 9.59 Å². The molecule has 0 aromatic heterocycles. The largest absolute Gasteiger partial charge is 0.392 e. The van der Waals surface area contributed by atoms with Crippen LogP contribution in [0.3, 0.4) is 0 Å². The molecule has 1 heterocycles. The van der Waals surface area contributed by atoms with Crippen LogP contribution in [0.25, 0.3) is 0 Å². The van der Waals surface area contributed by atoms with E-state index in [1.165, 1.54) is 11.1 Å². The Bertz CT molecular complexity index is 354. The lowest BCUT2D eigenvalue weighted by Crippen LogP contribution is -2.34. The summed E-state index contributed by atoms with van der Waals surface area (Å²) in [5, 5.41) is 0. The van der Waals surface area contributed by atoms with E-state index >= 15 is 0 Å². The van der Waals surface area contributed by atoms with Gasteiger partial charge in [0.15, 0.2) is 0 Å². The van der Waals surface area contributed by atoms with Gasteiger partial charge in [-0.3, -0.25) is 9.59 Å². The van der Waals surface area contributed by atoms with E-state index in [-0.39, 0.29) is 17.9 Å². The quantitative estimate of drug-likeness (QED) is 0.335. The van der Waals surface area contributed by atoms with Crippen molar-refractivity contribution in [3.63, 3.8) is 0 Å². The first-order valence-corrected chi connectivity index (χ1v) is 4.86. The molecule has 76 valence electrons. The Morgan fingerprint density at radius 2 is 1.93 bits per heavy atom. The van der Waals surface area contributed by atoms with Gasteiger partial charge in [-0.2, -0.15) is 0 Å². The van der Waals surface area contributed by atoms with E-state index in [1.807, 2.05) is 20.8 Å². The van der Waals surface area contributed by atoms with Gasteiger partial charge in [0, 0.05) is 0 Å². The van der Waals surface area contributed by atoms with Crippen LogP contribution in [0.1, 0.15) is 33.6 Å². The maximum atomic E-state index is 11.5. The lowest BCUT2D eigenvalue weighted by Gasteiger charge is -2.31. The Hall–Kier alpha value is -1.12. The first-order valence-electron chi connectivity index (χ1n) is 4.86. The summed E-state index contributed by atoms with van der Waals surface area (Å²) in [5.74, 6) is -0.942. The number of rotatable bonds is 0. The van der Waals surface area contributed by atoms with Gasteiger partial charge in [0.1, 0.15) is 0 Å². The normalized spacial score (nSPS) is 37.2. The smallest absolute Gasteiger partial charge is 0.320 e. The van der Waals surface area contributed by atoms with E-state index in [0.717, 1.165) is 0 Å². The van der Waals surface area contributed by atoms with Crippen LogP contribution in [0.4, 0.5) is 0 Å². The molecule has 1 aliphatic heterocycles. The van der Waals surface area contributed by atoms with Gasteiger partial charge >= 0.3 is 11.9 Å². The van der Waals surface area contributed by atoms with Crippen molar-refractivity contribution < 1.29 is 14.3 Å². The van der Waals surface area contributed by atoms with Crippen LogP contribution < -0.4 is 0 Å². The maximum Gasteiger partial charge on any atom is 0.320 e. The third-order valence-corrected chi connectivity index (χ3v) is 3.58. The Morgan fingerprint density at radius 3 is 2.57 bits per heavy atom. The topological polar surface area (TPSA) is 43.4 Å². The number of allylic oxidation sites excluding steroid dienone is 2.